The van der Waals surface area contributed by atoms with Crippen LogP contribution in [0.4, 0.5) is 0 Å². The molecular weight excluding hydrogens is 460 g/mol. The number of aromatic nitrogens is 3. The molecule has 9 heteroatoms. The third kappa shape index (κ3) is 6.36. The van der Waals surface area contributed by atoms with Crippen molar-refractivity contribution in [3.8, 4) is 5.75 Å². The van der Waals surface area contributed by atoms with Gasteiger partial charge in [0.15, 0.2) is 16.8 Å². The highest BCUT2D eigenvalue weighted by atomic mass is 35.5. The number of Topliss-reactive ketones (excluding diaryl/α,β-unsaturated/α-hetero) is 1. The van der Waals surface area contributed by atoms with Gasteiger partial charge in [-0.2, -0.15) is 0 Å². The number of hydrogen-bond acceptors (Lipinski definition) is 6. The zero-order valence-corrected chi connectivity index (χ0v) is 19.8. The van der Waals surface area contributed by atoms with E-state index in [4.69, 9.17) is 16.3 Å². The number of ether oxygens (including phenoxy) is 1. The number of carbonyl (C=O) groups is 2. The molecular formula is C24H25ClN4O3S. The van der Waals surface area contributed by atoms with Crippen LogP contribution in [0.25, 0.3) is 0 Å². The largest absolute Gasteiger partial charge is 0.484 e. The summed E-state index contributed by atoms with van der Waals surface area (Å²) in [4.78, 5) is 24.6. The molecule has 0 spiro atoms. The number of amides is 1. The Balaban J connectivity index is 1.36. The Bertz CT molecular complexity index is 1120. The Hall–Kier alpha value is -2.84. The molecule has 1 atom stereocenters. The van der Waals surface area contributed by atoms with Crippen molar-refractivity contribution in [1.29, 1.82) is 0 Å². The van der Waals surface area contributed by atoms with Gasteiger partial charge in [-0.05, 0) is 43.9 Å². The third-order valence-corrected chi connectivity index (χ3v) is 6.54. The van der Waals surface area contributed by atoms with Gasteiger partial charge < -0.3 is 10.1 Å². The first-order valence-electron chi connectivity index (χ1n) is 10.8. The number of benzene rings is 2. The molecule has 33 heavy (non-hydrogen) atoms. The topological polar surface area (TPSA) is 86.1 Å². The number of rotatable bonds is 11. The molecule has 7 nitrogen and oxygen atoms in total. The van der Waals surface area contributed by atoms with Crippen LogP contribution in [-0.4, -0.2) is 38.2 Å². The maximum absolute atomic E-state index is 12.6. The van der Waals surface area contributed by atoms with Crippen LogP contribution < -0.4 is 10.1 Å². The van der Waals surface area contributed by atoms with Crippen LogP contribution in [0.3, 0.4) is 0 Å². The van der Waals surface area contributed by atoms with E-state index in [9.17, 15) is 9.59 Å². The highest BCUT2D eigenvalue weighted by molar-refractivity contribution is 7.99. The lowest BCUT2D eigenvalue weighted by atomic mass is 10.0. The molecule has 1 unspecified atom stereocenters. The van der Waals surface area contributed by atoms with Crippen LogP contribution in [0.5, 0.6) is 5.75 Å². The van der Waals surface area contributed by atoms with Crippen LogP contribution >= 0.6 is 23.4 Å². The number of halogens is 1. The SMILES string of the molecule is CC(=O)C(Cc1ccccc1)NC(=O)CSc1nnc(COc2ccccc2Cl)n1C1CC1. The van der Waals surface area contributed by atoms with Crippen molar-refractivity contribution in [2.24, 2.45) is 0 Å². The van der Waals surface area contributed by atoms with Gasteiger partial charge in [-0.15, -0.1) is 10.2 Å². The number of ketones is 1. The number of nitrogens with one attached hydrogen (secondary N) is 1. The van der Waals surface area contributed by atoms with Crippen molar-refractivity contribution in [2.75, 3.05) is 5.75 Å². The summed E-state index contributed by atoms with van der Waals surface area (Å²) in [5.74, 6) is 1.15. The molecule has 3 aromatic rings. The summed E-state index contributed by atoms with van der Waals surface area (Å²) >= 11 is 7.48. The molecule has 1 amide bonds. The number of para-hydroxylation sites is 1. The maximum atomic E-state index is 12.6. The number of thioether (sulfide) groups is 1. The second-order valence-electron chi connectivity index (χ2n) is 7.93. The van der Waals surface area contributed by atoms with Crippen LogP contribution in [0, 0.1) is 0 Å². The molecule has 1 heterocycles. The van der Waals surface area contributed by atoms with Crippen molar-refractivity contribution in [3.63, 3.8) is 0 Å². The zero-order valence-electron chi connectivity index (χ0n) is 18.2. The lowest BCUT2D eigenvalue weighted by molar-refractivity contribution is -0.125. The summed E-state index contributed by atoms with van der Waals surface area (Å²) in [5, 5.41) is 12.6. The van der Waals surface area contributed by atoms with E-state index in [0.717, 1.165) is 18.4 Å². The van der Waals surface area contributed by atoms with Crippen molar-refractivity contribution in [2.45, 2.75) is 50.0 Å². The molecule has 0 radical (unpaired) electrons. The molecule has 0 bridgehead atoms. The van der Waals surface area contributed by atoms with Gasteiger partial charge in [-0.3, -0.25) is 14.2 Å². The maximum Gasteiger partial charge on any atom is 0.231 e. The van der Waals surface area contributed by atoms with E-state index < -0.39 is 6.04 Å². The molecule has 1 aromatic heterocycles. The first-order chi connectivity index (χ1) is 16.0. The molecule has 1 fully saturated rings. The summed E-state index contributed by atoms with van der Waals surface area (Å²) in [6.45, 7) is 1.74. The van der Waals surface area contributed by atoms with E-state index in [-0.39, 0.29) is 24.1 Å². The van der Waals surface area contributed by atoms with Crippen LogP contribution in [0.2, 0.25) is 5.02 Å². The van der Waals surface area contributed by atoms with Gasteiger partial charge >= 0.3 is 0 Å². The standard InChI is InChI=1S/C24H25ClN4O3S/c1-16(30)20(13-17-7-3-2-4-8-17)26-23(31)15-33-24-28-27-22(29(24)18-11-12-18)14-32-21-10-6-5-9-19(21)25/h2-10,18,20H,11-15H2,1H3,(H,26,31). The average Bonchev–Trinajstić information content (AvgIpc) is 3.57. The summed E-state index contributed by atoms with van der Waals surface area (Å²) in [5.41, 5.74) is 1.00. The van der Waals surface area contributed by atoms with Crippen LogP contribution in [0.1, 0.15) is 37.2 Å². The Labute approximate surface area is 201 Å². The van der Waals surface area contributed by atoms with E-state index in [2.05, 4.69) is 15.5 Å². The molecule has 2 aromatic carbocycles. The summed E-state index contributed by atoms with van der Waals surface area (Å²) < 4.78 is 7.88. The Morgan fingerprint density at radius 1 is 1.15 bits per heavy atom. The van der Waals surface area contributed by atoms with Crippen molar-refractivity contribution in [3.05, 3.63) is 71.0 Å². The molecule has 1 N–H and O–H groups in total. The molecule has 0 aliphatic heterocycles. The van der Waals surface area contributed by atoms with Gasteiger partial charge in [0.1, 0.15) is 12.4 Å². The highest BCUT2D eigenvalue weighted by Gasteiger charge is 2.30. The Kier molecular flexibility index (Phi) is 7.67. The lowest BCUT2D eigenvalue weighted by Gasteiger charge is -2.16. The minimum atomic E-state index is -0.554. The molecule has 1 aliphatic carbocycles. The zero-order chi connectivity index (χ0) is 23.2. The van der Waals surface area contributed by atoms with Gasteiger partial charge in [0.25, 0.3) is 0 Å². The normalized spacial score (nSPS) is 14.0. The Morgan fingerprint density at radius 2 is 1.88 bits per heavy atom. The predicted octanol–water partition coefficient (Wildman–Crippen LogP) is 4.25. The van der Waals surface area contributed by atoms with Gasteiger partial charge in [0.05, 0.1) is 16.8 Å². The third-order valence-electron chi connectivity index (χ3n) is 5.28. The van der Waals surface area contributed by atoms with E-state index in [0.29, 0.717) is 34.2 Å². The van der Waals surface area contributed by atoms with E-state index >= 15 is 0 Å². The molecule has 4 rings (SSSR count). The molecule has 0 saturated heterocycles. The van der Waals surface area contributed by atoms with Gasteiger partial charge in [0, 0.05) is 6.04 Å². The summed E-state index contributed by atoms with van der Waals surface area (Å²) in [6.07, 6.45) is 2.55. The van der Waals surface area contributed by atoms with Gasteiger partial charge in [-0.25, -0.2) is 0 Å². The van der Waals surface area contributed by atoms with Crippen molar-refractivity contribution < 1.29 is 14.3 Å². The molecule has 1 saturated carbocycles. The van der Waals surface area contributed by atoms with E-state index in [1.54, 1.807) is 12.1 Å². The molecule has 172 valence electrons. The average molecular weight is 485 g/mol. The fourth-order valence-electron chi connectivity index (χ4n) is 3.42. The first kappa shape index (κ1) is 23.3. The second-order valence-corrected chi connectivity index (χ2v) is 9.28. The fourth-order valence-corrected chi connectivity index (χ4v) is 4.45. The van der Waals surface area contributed by atoms with E-state index in [1.807, 2.05) is 47.0 Å². The smallest absolute Gasteiger partial charge is 0.231 e. The van der Waals surface area contributed by atoms with Crippen molar-refractivity contribution in [1.82, 2.24) is 20.1 Å². The van der Waals surface area contributed by atoms with Gasteiger partial charge in [-0.1, -0.05) is 65.8 Å². The van der Waals surface area contributed by atoms with Crippen LogP contribution in [-0.2, 0) is 22.6 Å². The van der Waals surface area contributed by atoms with Gasteiger partial charge in [0.2, 0.25) is 5.91 Å². The summed E-state index contributed by atoms with van der Waals surface area (Å²) in [7, 11) is 0. The quantitative estimate of drug-likeness (QED) is 0.409. The number of nitrogens with zero attached hydrogens (tertiary/aromatic N) is 3. The number of hydrogen-bond donors (Lipinski definition) is 1. The fraction of sp³-hybridized carbons (Fsp3) is 0.333. The highest BCUT2D eigenvalue weighted by Crippen LogP contribution is 2.39. The summed E-state index contributed by atoms with van der Waals surface area (Å²) in [6, 6.07) is 16.7. The lowest BCUT2D eigenvalue weighted by Crippen LogP contribution is -2.42. The van der Waals surface area contributed by atoms with Crippen molar-refractivity contribution >= 4 is 35.1 Å². The van der Waals surface area contributed by atoms with E-state index in [1.165, 1.54) is 18.7 Å². The minimum Gasteiger partial charge on any atom is -0.484 e. The number of carbonyl (C=O) groups excluding carboxylic acids is 2. The first-order valence-corrected chi connectivity index (χ1v) is 12.1. The second kappa shape index (κ2) is 10.9. The van der Waals surface area contributed by atoms with Crippen LogP contribution in [0.15, 0.2) is 59.8 Å². The monoisotopic (exact) mass is 484 g/mol. The predicted molar refractivity (Wildman–Crippen MR) is 128 cm³/mol. The molecule has 1 aliphatic rings. The Morgan fingerprint density at radius 3 is 2.58 bits per heavy atom. The minimum absolute atomic E-state index is 0.0719.